The Bertz CT molecular complexity index is 1490. The molecule has 0 aliphatic rings. The zero-order valence-corrected chi connectivity index (χ0v) is 26.7. The molecule has 1 N–H and O–H groups in total. The average molecular weight is 594 g/mol. The molecular weight excluding hydrogens is 550 g/mol. The average Bonchev–Trinajstić information content (AvgIpc) is 2.92. The van der Waals surface area contributed by atoms with Crippen molar-refractivity contribution < 1.29 is 22.7 Å². The smallest absolute Gasteiger partial charge is 0.264 e. The summed E-state index contributed by atoms with van der Waals surface area (Å²) in [5.41, 5.74) is 3.18. The van der Waals surface area contributed by atoms with Gasteiger partial charge in [-0.1, -0.05) is 48.9 Å². The second kappa shape index (κ2) is 13.4. The molecule has 42 heavy (non-hydrogen) atoms. The van der Waals surface area contributed by atoms with Crippen molar-refractivity contribution in [2.75, 3.05) is 18.0 Å². The van der Waals surface area contributed by atoms with E-state index in [1.165, 1.54) is 4.90 Å². The van der Waals surface area contributed by atoms with Crippen LogP contribution in [0, 0.1) is 20.8 Å². The van der Waals surface area contributed by atoms with Gasteiger partial charge in [0.05, 0.1) is 17.7 Å². The highest BCUT2D eigenvalue weighted by atomic mass is 32.2. The van der Waals surface area contributed by atoms with E-state index in [0.717, 1.165) is 21.0 Å². The van der Waals surface area contributed by atoms with Crippen molar-refractivity contribution >= 4 is 27.5 Å². The molecule has 1 atom stereocenters. The van der Waals surface area contributed by atoms with Crippen LogP contribution >= 0.6 is 0 Å². The largest absolute Gasteiger partial charge is 0.497 e. The van der Waals surface area contributed by atoms with Crippen molar-refractivity contribution in [2.24, 2.45) is 0 Å². The van der Waals surface area contributed by atoms with E-state index in [2.05, 4.69) is 5.32 Å². The molecule has 0 fully saturated rings. The van der Waals surface area contributed by atoms with E-state index in [1.807, 2.05) is 72.7 Å². The monoisotopic (exact) mass is 593 g/mol. The number of nitrogens with zero attached hydrogens (tertiary/aromatic N) is 2. The number of hydrogen-bond donors (Lipinski definition) is 1. The third kappa shape index (κ3) is 8.12. The van der Waals surface area contributed by atoms with E-state index in [-0.39, 0.29) is 17.3 Å². The van der Waals surface area contributed by atoms with Gasteiger partial charge in [0.1, 0.15) is 18.3 Å². The SMILES string of the molecule is CC[C@H](C(=O)NC(C)(C)C)N(Cc1ccc(OC)cc1)C(=O)CN(c1cc(C)ccc1C)S(=O)(=O)c1ccc(C)cc1. The molecule has 0 unspecified atom stereocenters. The molecule has 2 amide bonds. The van der Waals surface area contributed by atoms with E-state index in [9.17, 15) is 18.0 Å². The van der Waals surface area contributed by atoms with Gasteiger partial charge in [-0.15, -0.1) is 0 Å². The highest BCUT2D eigenvalue weighted by molar-refractivity contribution is 7.92. The van der Waals surface area contributed by atoms with Crippen LogP contribution in [0.15, 0.2) is 71.6 Å². The Morgan fingerprint density at radius 1 is 0.905 bits per heavy atom. The van der Waals surface area contributed by atoms with Gasteiger partial charge < -0.3 is 15.0 Å². The maximum Gasteiger partial charge on any atom is 0.264 e. The summed E-state index contributed by atoms with van der Waals surface area (Å²) >= 11 is 0. The Hall–Kier alpha value is -3.85. The van der Waals surface area contributed by atoms with Crippen molar-refractivity contribution in [3.8, 4) is 5.75 Å². The number of nitrogens with one attached hydrogen (secondary N) is 1. The number of ether oxygens (including phenoxy) is 1. The molecule has 3 rings (SSSR count). The fourth-order valence-electron chi connectivity index (χ4n) is 4.64. The van der Waals surface area contributed by atoms with Gasteiger partial charge in [-0.2, -0.15) is 0 Å². The summed E-state index contributed by atoms with van der Waals surface area (Å²) in [5, 5.41) is 2.99. The number of benzene rings is 3. The minimum Gasteiger partial charge on any atom is -0.497 e. The predicted octanol–water partition coefficient (Wildman–Crippen LogP) is 5.54. The van der Waals surface area contributed by atoms with Crippen LogP contribution in [0.1, 0.15) is 56.4 Å². The van der Waals surface area contributed by atoms with Crippen LogP contribution in [0.25, 0.3) is 0 Å². The minimum atomic E-state index is -4.13. The standard InChI is InChI=1S/C33H43N3O5S/c1-9-29(32(38)34-33(5,6)7)35(21-26-14-16-27(41-8)17-15-26)31(37)22-36(30-20-24(3)10-13-25(30)4)42(39,40)28-18-11-23(2)12-19-28/h10-20,29H,9,21-22H2,1-8H3,(H,34,38)/t29-/m1/s1. The molecule has 3 aromatic carbocycles. The normalized spacial score (nSPS) is 12.4. The molecule has 0 heterocycles. The van der Waals surface area contributed by atoms with Crippen molar-refractivity contribution in [3.05, 3.63) is 89.0 Å². The molecule has 9 heteroatoms. The van der Waals surface area contributed by atoms with Crippen LogP contribution in [0.4, 0.5) is 5.69 Å². The van der Waals surface area contributed by atoms with E-state index in [1.54, 1.807) is 49.6 Å². The van der Waals surface area contributed by atoms with Gasteiger partial charge in [-0.05, 0) is 95.0 Å². The van der Waals surface area contributed by atoms with Crippen LogP contribution < -0.4 is 14.4 Å². The summed E-state index contributed by atoms with van der Waals surface area (Å²) in [4.78, 5) is 29.3. The molecule has 0 bridgehead atoms. The number of methoxy groups -OCH3 is 1. The number of carbonyl (C=O) groups excluding carboxylic acids is 2. The lowest BCUT2D eigenvalue weighted by Crippen LogP contribution is -2.55. The van der Waals surface area contributed by atoms with Crippen LogP contribution in [0.2, 0.25) is 0 Å². The molecule has 0 aliphatic heterocycles. The van der Waals surface area contributed by atoms with Crippen LogP contribution in [0.5, 0.6) is 5.75 Å². The quantitative estimate of drug-likeness (QED) is 0.315. The highest BCUT2D eigenvalue weighted by Crippen LogP contribution is 2.29. The molecule has 0 radical (unpaired) electrons. The number of aryl methyl sites for hydroxylation is 3. The summed E-state index contributed by atoms with van der Waals surface area (Å²) < 4.78 is 34.7. The number of amides is 2. The first-order valence-corrected chi connectivity index (χ1v) is 15.5. The Kier molecular flexibility index (Phi) is 10.4. The molecule has 3 aromatic rings. The molecule has 226 valence electrons. The summed E-state index contributed by atoms with van der Waals surface area (Å²) in [5.74, 6) is -0.121. The molecule has 0 saturated carbocycles. The number of rotatable bonds is 11. The molecule has 0 aliphatic carbocycles. The molecule has 0 spiro atoms. The third-order valence-corrected chi connectivity index (χ3v) is 8.69. The Morgan fingerprint density at radius 2 is 1.50 bits per heavy atom. The molecule has 0 saturated heterocycles. The number of anilines is 1. The van der Waals surface area contributed by atoms with Gasteiger partial charge in [0.2, 0.25) is 11.8 Å². The zero-order chi connectivity index (χ0) is 31.2. The second-order valence-electron chi connectivity index (χ2n) is 11.6. The van der Waals surface area contributed by atoms with Crippen molar-refractivity contribution in [2.45, 2.75) is 77.9 Å². The summed E-state index contributed by atoms with van der Waals surface area (Å²) in [7, 11) is -2.56. The first-order valence-electron chi connectivity index (χ1n) is 14.1. The van der Waals surface area contributed by atoms with Gasteiger partial charge >= 0.3 is 0 Å². The second-order valence-corrected chi connectivity index (χ2v) is 13.5. The predicted molar refractivity (Wildman–Crippen MR) is 167 cm³/mol. The van der Waals surface area contributed by atoms with E-state index in [0.29, 0.717) is 23.4 Å². The summed E-state index contributed by atoms with van der Waals surface area (Å²) in [6, 6.07) is 18.5. The van der Waals surface area contributed by atoms with E-state index in [4.69, 9.17) is 4.74 Å². The fourth-order valence-corrected chi connectivity index (χ4v) is 6.11. The third-order valence-electron chi connectivity index (χ3n) is 6.92. The van der Waals surface area contributed by atoms with Crippen LogP contribution in [-0.4, -0.2) is 50.4 Å². The first kappa shape index (κ1) is 32.7. The number of carbonyl (C=O) groups is 2. The summed E-state index contributed by atoms with van der Waals surface area (Å²) in [6.45, 7) is 12.7. The van der Waals surface area contributed by atoms with Crippen molar-refractivity contribution in [1.82, 2.24) is 10.2 Å². The number of hydrogen-bond acceptors (Lipinski definition) is 5. The molecule has 8 nitrogen and oxygen atoms in total. The van der Waals surface area contributed by atoms with E-state index >= 15 is 0 Å². The number of sulfonamides is 1. The maximum atomic E-state index is 14.3. The lowest BCUT2D eigenvalue weighted by molar-refractivity contribution is -0.141. The fraction of sp³-hybridized carbons (Fsp3) is 0.394. The highest BCUT2D eigenvalue weighted by Gasteiger charge is 2.35. The lowest BCUT2D eigenvalue weighted by atomic mass is 10.1. The van der Waals surface area contributed by atoms with E-state index < -0.39 is 34.1 Å². The van der Waals surface area contributed by atoms with Crippen LogP contribution in [0.3, 0.4) is 0 Å². The Labute approximate surface area is 250 Å². The Morgan fingerprint density at radius 3 is 2.05 bits per heavy atom. The van der Waals surface area contributed by atoms with Gasteiger partial charge in [-0.3, -0.25) is 13.9 Å². The first-order chi connectivity index (χ1) is 19.7. The molecule has 0 aromatic heterocycles. The molecular formula is C33H43N3O5S. The van der Waals surface area contributed by atoms with Crippen molar-refractivity contribution in [3.63, 3.8) is 0 Å². The minimum absolute atomic E-state index is 0.0843. The van der Waals surface area contributed by atoms with Crippen LogP contribution in [-0.2, 0) is 26.2 Å². The lowest BCUT2D eigenvalue weighted by Gasteiger charge is -2.35. The van der Waals surface area contributed by atoms with Gasteiger partial charge in [0, 0.05) is 12.1 Å². The zero-order valence-electron chi connectivity index (χ0n) is 25.9. The van der Waals surface area contributed by atoms with Gasteiger partial charge in [0.15, 0.2) is 0 Å². The summed E-state index contributed by atoms with van der Waals surface area (Å²) in [6.07, 6.45) is 0.345. The van der Waals surface area contributed by atoms with Crippen molar-refractivity contribution in [1.29, 1.82) is 0 Å². The van der Waals surface area contributed by atoms with Gasteiger partial charge in [0.25, 0.3) is 10.0 Å². The van der Waals surface area contributed by atoms with Gasteiger partial charge in [-0.25, -0.2) is 8.42 Å². The Balaban J connectivity index is 2.11. The maximum absolute atomic E-state index is 14.3. The topological polar surface area (TPSA) is 96.0 Å².